The Bertz CT molecular complexity index is 505. The molecule has 4 nitrogen and oxygen atoms in total. The summed E-state index contributed by atoms with van der Waals surface area (Å²) in [5, 5.41) is 13.1. The Balaban J connectivity index is 1.67. The van der Waals surface area contributed by atoms with E-state index in [1.165, 1.54) is 5.56 Å². The number of ether oxygens (including phenoxy) is 1. The predicted molar refractivity (Wildman–Crippen MR) is 83.4 cm³/mol. The minimum atomic E-state index is -0.551. The lowest BCUT2D eigenvalue weighted by Crippen LogP contribution is -2.24. The Labute approximate surface area is 125 Å². The molecule has 114 valence electrons. The van der Waals surface area contributed by atoms with Gasteiger partial charge in [0.05, 0.1) is 19.0 Å². The molecule has 0 saturated heterocycles. The fourth-order valence-electron chi connectivity index (χ4n) is 1.97. The van der Waals surface area contributed by atoms with Gasteiger partial charge in [0, 0.05) is 12.2 Å². The third-order valence-corrected chi connectivity index (χ3v) is 3.25. The highest BCUT2D eigenvalue weighted by atomic mass is 16.5. The molecule has 0 saturated carbocycles. The van der Waals surface area contributed by atoms with E-state index in [2.05, 4.69) is 31.3 Å². The van der Waals surface area contributed by atoms with Gasteiger partial charge in [0.2, 0.25) is 0 Å². The molecule has 2 aromatic rings. The van der Waals surface area contributed by atoms with Crippen LogP contribution in [0.1, 0.15) is 31.1 Å². The van der Waals surface area contributed by atoms with E-state index in [9.17, 15) is 5.11 Å². The fourth-order valence-corrected chi connectivity index (χ4v) is 1.97. The number of benzene rings is 1. The van der Waals surface area contributed by atoms with Crippen LogP contribution < -0.4 is 5.32 Å². The highest BCUT2D eigenvalue weighted by Gasteiger charge is 2.05. The summed E-state index contributed by atoms with van der Waals surface area (Å²) in [6.45, 7) is 5.45. The first-order chi connectivity index (χ1) is 10.1. The van der Waals surface area contributed by atoms with Gasteiger partial charge in [-0.15, -0.1) is 0 Å². The van der Waals surface area contributed by atoms with Gasteiger partial charge in [-0.2, -0.15) is 0 Å². The van der Waals surface area contributed by atoms with Crippen molar-refractivity contribution in [2.24, 2.45) is 0 Å². The van der Waals surface area contributed by atoms with Crippen LogP contribution >= 0.6 is 0 Å². The highest BCUT2D eigenvalue weighted by molar-refractivity contribution is 5.45. The lowest BCUT2D eigenvalue weighted by molar-refractivity contribution is 0.0282. The molecule has 0 aliphatic rings. The van der Waals surface area contributed by atoms with Gasteiger partial charge in [-0.3, -0.25) is 0 Å². The van der Waals surface area contributed by atoms with E-state index in [1.54, 1.807) is 6.26 Å². The molecule has 0 fully saturated rings. The Morgan fingerprint density at radius 1 is 1.19 bits per heavy atom. The maximum absolute atomic E-state index is 9.86. The van der Waals surface area contributed by atoms with Crippen molar-refractivity contribution in [3.8, 4) is 0 Å². The molecule has 1 heterocycles. The zero-order chi connectivity index (χ0) is 15.1. The molecule has 0 aliphatic carbocycles. The molecule has 1 atom stereocenters. The number of nitrogens with one attached hydrogen (secondary N) is 1. The van der Waals surface area contributed by atoms with Crippen molar-refractivity contribution in [3.63, 3.8) is 0 Å². The molecular formula is C17H23NO3. The van der Waals surface area contributed by atoms with Crippen LogP contribution in [-0.2, 0) is 11.3 Å². The Morgan fingerprint density at radius 2 is 1.95 bits per heavy atom. The molecule has 0 radical (unpaired) electrons. The second-order valence-corrected chi connectivity index (χ2v) is 5.41. The van der Waals surface area contributed by atoms with Gasteiger partial charge in [0.15, 0.2) is 0 Å². The van der Waals surface area contributed by atoms with E-state index in [4.69, 9.17) is 9.15 Å². The Hall–Kier alpha value is -1.78. The number of hydrogen-bond donors (Lipinski definition) is 2. The maximum atomic E-state index is 9.86. The molecule has 2 N–H and O–H groups in total. The normalized spacial score (nSPS) is 12.6. The van der Waals surface area contributed by atoms with Gasteiger partial charge < -0.3 is 19.6 Å². The summed E-state index contributed by atoms with van der Waals surface area (Å²) in [7, 11) is 0. The molecule has 0 aliphatic heterocycles. The van der Waals surface area contributed by atoms with Crippen molar-refractivity contribution in [2.75, 3.05) is 18.5 Å². The van der Waals surface area contributed by atoms with E-state index in [-0.39, 0.29) is 6.61 Å². The van der Waals surface area contributed by atoms with Crippen molar-refractivity contribution >= 4 is 5.69 Å². The third kappa shape index (κ3) is 5.25. The SMILES string of the molecule is CC(C)c1ccc(NCC(O)COCc2ccco2)cc1. The highest BCUT2D eigenvalue weighted by Crippen LogP contribution is 2.17. The first-order valence-corrected chi connectivity index (χ1v) is 7.27. The summed E-state index contributed by atoms with van der Waals surface area (Å²) in [6, 6.07) is 11.9. The van der Waals surface area contributed by atoms with Gasteiger partial charge in [0.1, 0.15) is 12.4 Å². The van der Waals surface area contributed by atoms with Crippen molar-refractivity contribution in [1.82, 2.24) is 0 Å². The van der Waals surface area contributed by atoms with Gasteiger partial charge in [-0.1, -0.05) is 26.0 Å². The van der Waals surface area contributed by atoms with Gasteiger partial charge in [-0.05, 0) is 35.7 Å². The van der Waals surface area contributed by atoms with Crippen molar-refractivity contribution in [3.05, 3.63) is 54.0 Å². The number of hydrogen-bond acceptors (Lipinski definition) is 4. The molecule has 2 rings (SSSR count). The molecule has 1 unspecified atom stereocenters. The minimum Gasteiger partial charge on any atom is -0.467 e. The molecule has 4 heteroatoms. The monoisotopic (exact) mass is 289 g/mol. The van der Waals surface area contributed by atoms with Gasteiger partial charge >= 0.3 is 0 Å². The largest absolute Gasteiger partial charge is 0.467 e. The quantitative estimate of drug-likeness (QED) is 0.782. The summed E-state index contributed by atoms with van der Waals surface area (Å²) >= 11 is 0. The van der Waals surface area contributed by atoms with Gasteiger partial charge in [-0.25, -0.2) is 0 Å². The predicted octanol–water partition coefficient (Wildman–Crippen LogP) is 3.39. The molecular weight excluding hydrogens is 266 g/mol. The second-order valence-electron chi connectivity index (χ2n) is 5.41. The first kappa shape index (κ1) is 15.6. The van der Waals surface area contributed by atoms with Crippen LogP contribution in [-0.4, -0.2) is 24.4 Å². The summed E-state index contributed by atoms with van der Waals surface area (Å²) in [6.07, 6.45) is 1.06. The standard InChI is InChI=1S/C17H23NO3/c1-13(2)14-5-7-15(8-6-14)18-10-16(19)11-20-12-17-4-3-9-21-17/h3-9,13,16,18-19H,10-12H2,1-2H3. The van der Waals surface area contributed by atoms with Crippen LogP contribution in [0, 0.1) is 0 Å². The summed E-state index contributed by atoms with van der Waals surface area (Å²) in [5.41, 5.74) is 2.31. The lowest BCUT2D eigenvalue weighted by atomic mass is 10.0. The van der Waals surface area contributed by atoms with E-state index >= 15 is 0 Å². The molecule has 0 amide bonds. The topological polar surface area (TPSA) is 54.6 Å². The Morgan fingerprint density at radius 3 is 2.57 bits per heavy atom. The van der Waals surface area contributed by atoms with Crippen LogP contribution in [0.3, 0.4) is 0 Å². The zero-order valence-corrected chi connectivity index (χ0v) is 12.6. The number of aliphatic hydroxyl groups is 1. The minimum absolute atomic E-state index is 0.276. The average Bonchev–Trinajstić information content (AvgIpc) is 2.99. The van der Waals surface area contributed by atoms with E-state index in [1.807, 2.05) is 24.3 Å². The van der Waals surface area contributed by atoms with E-state index in [0.717, 1.165) is 11.4 Å². The van der Waals surface area contributed by atoms with Crippen LogP contribution in [0.15, 0.2) is 47.1 Å². The molecule has 1 aromatic heterocycles. The summed E-state index contributed by atoms with van der Waals surface area (Å²) in [5.74, 6) is 1.29. The second kappa shape index (κ2) is 7.86. The van der Waals surface area contributed by atoms with Crippen molar-refractivity contribution in [1.29, 1.82) is 0 Å². The van der Waals surface area contributed by atoms with E-state index < -0.39 is 6.10 Å². The number of rotatable bonds is 8. The van der Waals surface area contributed by atoms with Crippen LogP contribution in [0.5, 0.6) is 0 Å². The maximum Gasteiger partial charge on any atom is 0.129 e. The molecule has 0 bridgehead atoms. The molecule has 1 aromatic carbocycles. The van der Waals surface area contributed by atoms with E-state index in [0.29, 0.717) is 19.1 Å². The smallest absolute Gasteiger partial charge is 0.129 e. The van der Waals surface area contributed by atoms with Gasteiger partial charge in [0.25, 0.3) is 0 Å². The summed E-state index contributed by atoms with van der Waals surface area (Å²) < 4.78 is 10.5. The fraction of sp³-hybridized carbons (Fsp3) is 0.412. The molecule has 0 spiro atoms. The summed E-state index contributed by atoms with van der Waals surface area (Å²) in [4.78, 5) is 0. The van der Waals surface area contributed by atoms with Crippen LogP contribution in [0.4, 0.5) is 5.69 Å². The third-order valence-electron chi connectivity index (χ3n) is 3.25. The number of aliphatic hydroxyl groups excluding tert-OH is 1. The number of anilines is 1. The van der Waals surface area contributed by atoms with Crippen molar-refractivity contribution < 1.29 is 14.3 Å². The molecule has 21 heavy (non-hydrogen) atoms. The first-order valence-electron chi connectivity index (χ1n) is 7.27. The zero-order valence-electron chi connectivity index (χ0n) is 12.6. The van der Waals surface area contributed by atoms with Crippen LogP contribution in [0.25, 0.3) is 0 Å². The number of furan rings is 1. The van der Waals surface area contributed by atoms with Crippen LogP contribution in [0.2, 0.25) is 0 Å². The van der Waals surface area contributed by atoms with Crippen molar-refractivity contribution in [2.45, 2.75) is 32.5 Å². The average molecular weight is 289 g/mol. The Kier molecular flexibility index (Phi) is 5.84. The lowest BCUT2D eigenvalue weighted by Gasteiger charge is -2.13.